The summed E-state index contributed by atoms with van der Waals surface area (Å²) in [6.45, 7) is 2.65. The number of rotatable bonds is 5. The molecule has 0 aromatic heterocycles. The molecule has 1 aromatic carbocycles. The molecular weight excluding hydrogens is 184 g/mol. The average Bonchev–Trinajstić information content (AvgIpc) is 2.19. The third-order valence-electron chi connectivity index (χ3n) is 1.62. The molecule has 1 unspecified atom stereocenters. The van der Waals surface area contributed by atoms with Gasteiger partial charge in [0.1, 0.15) is 0 Å². The molecule has 1 atom stereocenters. The highest BCUT2D eigenvalue weighted by molar-refractivity contribution is 7.80. The van der Waals surface area contributed by atoms with E-state index in [1.54, 1.807) is 0 Å². The van der Waals surface area contributed by atoms with Gasteiger partial charge in [0, 0.05) is 0 Å². The highest BCUT2D eigenvalue weighted by Gasteiger charge is 2.01. The first-order valence-electron chi connectivity index (χ1n) is 4.44. The molecule has 2 nitrogen and oxygen atoms in total. The van der Waals surface area contributed by atoms with Crippen molar-refractivity contribution in [3.05, 3.63) is 30.3 Å². The molecule has 0 saturated carbocycles. The summed E-state index contributed by atoms with van der Waals surface area (Å²) in [5, 5.41) is 0. The topological polar surface area (TPSA) is 26.3 Å². The van der Waals surface area contributed by atoms with Crippen molar-refractivity contribution in [2.24, 2.45) is 0 Å². The summed E-state index contributed by atoms with van der Waals surface area (Å²) in [5.41, 5.74) is 0. The van der Waals surface area contributed by atoms with Crippen LogP contribution in [-0.4, -0.2) is 10.8 Å². The van der Waals surface area contributed by atoms with Gasteiger partial charge in [0.05, 0.1) is 11.5 Å². The monoisotopic (exact) mass is 198 g/mol. The molecule has 13 heavy (non-hydrogen) atoms. The summed E-state index contributed by atoms with van der Waals surface area (Å²) in [7, 11) is 0. The second-order valence-corrected chi connectivity index (χ2v) is 3.90. The van der Waals surface area contributed by atoms with Crippen LogP contribution in [0.15, 0.2) is 35.2 Å². The smallest absolute Gasteiger partial charge is 0.189 e. The number of hydrogen-bond donors (Lipinski definition) is 0. The summed E-state index contributed by atoms with van der Waals surface area (Å²) in [6.07, 6.45) is 2.02. The Morgan fingerprint density at radius 2 is 2.00 bits per heavy atom. The van der Waals surface area contributed by atoms with E-state index in [1.807, 2.05) is 30.3 Å². The van der Waals surface area contributed by atoms with E-state index < -0.39 is 11.1 Å². The number of unbranched alkanes of at least 4 members (excludes halogenated alkanes) is 1. The maximum Gasteiger partial charge on any atom is 0.189 e. The van der Waals surface area contributed by atoms with E-state index >= 15 is 0 Å². The molecule has 0 aliphatic carbocycles. The molecule has 3 heteroatoms. The summed E-state index contributed by atoms with van der Waals surface area (Å²) < 4.78 is 16.5. The highest BCUT2D eigenvalue weighted by Crippen LogP contribution is 2.06. The van der Waals surface area contributed by atoms with Crippen LogP contribution in [0.5, 0.6) is 0 Å². The molecular formula is C10H14O2S. The van der Waals surface area contributed by atoms with Gasteiger partial charge < -0.3 is 0 Å². The van der Waals surface area contributed by atoms with Crippen molar-refractivity contribution in [2.45, 2.75) is 24.7 Å². The Labute approximate surface area is 81.6 Å². The zero-order chi connectivity index (χ0) is 9.52. The summed E-state index contributed by atoms with van der Waals surface area (Å²) in [5.74, 6) is 0. The van der Waals surface area contributed by atoms with Crippen molar-refractivity contribution in [2.75, 3.05) is 6.61 Å². The Bertz CT molecular complexity index is 259. The third kappa shape index (κ3) is 3.70. The van der Waals surface area contributed by atoms with E-state index in [0.29, 0.717) is 6.61 Å². The lowest BCUT2D eigenvalue weighted by atomic mass is 10.4. The third-order valence-corrected chi connectivity index (χ3v) is 2.66. The van der Waals surface area contributed by atoms with Crippen LogP contribution >= 0.6 is 0 Å². The minimum atomic E-state index is -1.28. The molecule has 72 valence electrons. The molecule has 0 radical (unpaired) electrons. The fraction of sp³-hybridized carbons (Fsp3) is 0.400. The number of hydrogen-bond acceptors (Lipinski definition) is 2. The molecule has 1 rings (SSSR count). The Morgan fingerprint density at radius 1 is 1.31 bits per heavy atom. The maximum atomic E-state index is 11.4. The highest BCUT2D eigenvalue weighted by atomic mass is 32.2. The van der Waals surface area contributed by atoms with Crippen LogP contribution in [0.25, 0.3) is 0 Å². The summed E-state index contributed by atoms with van der Waals surface area (Å²) >= 11 is -1.28. The molecule has 0 amide bonds. The lowest BCUT2D eigenvalue weighted by Crippen LogP contribution is -1.99. The van der Waals surface area contributed by atoms with E-state index in [1.165, 1.54) is 0 Å². The van der Waals surface area contributed by atoms with Gasteiger partial charge in [-0.25, -0.2) is 4.21 Å². The Hall–Kier alpha value is -0.670. The van der Waals surface area contributed by atoms with Crippen LogP contribution in [0.2, 0.25) is 0 Å². The van der Waals surface area contributed by atoms with Crippen LogP contribution in [-0.2, 0) is 15.3 Å². The summed E-state index contributed by atoms with van der Waals surface area (Å²) in [4.78, 5) is 0.735. The molecule has 0 aliphatic heterocycles. The first-order chi connectivity index (χ1) is 6.34. The molecule has 0 fully saturated rings. The van der Waals surface area contributed by atoms with Gasteiger partial charge in [0.25, 0.3) is 0 Å². The van der Waals surface area contributed by atoms with Crippen LogP contribution in [0.4, 0.5) is 0 Å². The quantitative estimate of drug-likeness (QED) is 0.679. The standard InChI is InChI=1S/C10H14O2S/c1-2-3-9-12-13(11)10-7-5-4-6-8-10/h4-8H,2-3,9H2,1H3. The number of benzene rings is 1. The fourth-order valence-electron chi connectivity index (χ4n) is 0.879. The molecule has 0 spiro atoms. The molecule has 1 aromatic rings. The zero-order valence-corrected chi connectivity index (χ0v) is 8.55. The van der Waals surface area contributed by atoms with Gasteiger partial charge in [-0.2, -0.15) is 0 Å². The fourth-order valence-corrected chi connectivity index (χ4v) is 1.66. The van der Waals surface area contributed by atoms with E-state index in [-0.39, 0.29) is 0 Å². The van der Waals surface area contributed by atoms with Crippen LogP contribution in [0.1, 0.15) is 19.8 Å². The SMILES string of the molecule is CCCCOS(=O)c1ccccc1. The minimum absolute atomic E-state index is 0.567. The molecule has 0 bridgehead atoms. The first-order valence-corrected chi connectivity index (χ1v) is 5.52. The Balaban J connectivity index is 2.40. The Morgan fingerprint density at radius 3 is 2.62 bits per heavy atom. The minimum Gasteiger partial charge on any atom is -0.287 e. The van der Waals surface area contributed by atoms with E-state index in [9.17, 15) is 4.21 Å². The maximum absolute atomic E-state index is 11.4. The van der Waals surface area contributed by atoms with Crippen molar-refractivity contribution >= 4 is 11.1 Å². The molecule has 0 heterocycles. The van der Waals surface area contributed by atoms with Crippen LogP contribution < -0.4 is 0 Å². The molecule has 0 N–H and O–H groups in total. The van der Waals surface area contributed by atoms with Crippen molar-refractivity contribution in [3.63, 3.8) is 0 Å². The zero-order valence-electron chi connectivity index (χ0n) is 7.73. The van der Waals surface area contributed by atoms with Crippen molar-refractivity contribution in [1.29, 1.82) is 0 Å². The predicted octanol–water partition coefficient (Wildman–Crippen LogP) is 2.53. The van der Waals surface area contributed by atoms with Gasteiger partial charge in [0.2, 0.25) is 0 Å². The van der Waals surface area contributed by atoms with Gasteiger partial charge >= 0.3 is 0 Å². The normalized spacial score (nSPS) is 12.7. The second kappa shape index (κ2) is 5.89. The van der Waals surface area contributed by atoms with Crippen LogP contribution in [0.3, 0.4) is 0 Å². The van der Waals surface area contributed by atoms with E-state index in [2.05, 4.69) is 6.92 Å². The predicted molar refractivity (Wildman–Crippen MR) is 53.7 cm³/mol. The van der Waals surface area contributed by atoms with Gasteiger partial charge in [-0.05, 0) is 18.6 Å². The average molecular weight is 198 g/mol. The van der Waals surface area contributed by atoms with E-state index in [4.69, 9.17) is 4.18 Å². The van der Waals surface area contributed by atoms with Crippen LogP contribution in [0, 0.1) is 0 Å². The van der Waals surface area contributed by atoms with Gasteiger partial charge in [-0.1, -0.05) is 31.5 Å². The molecule has 0 saturated heterocycles. The summed E-state index contributed by atoms with van der Waals surface area (Å²) in [6, 6.07) is 9.23. The van der Waals surface area contributed by atoms with Gasteiger partial charge in [-0.3, -0.25) is 4.18 Å². The van der Waals surface area contributed by atoms with Gasteiger partial charge in [-0.15, -0.1) is 0 Å². The van der Waals surface area contributed by atoms with Crippen molar-refractivity contribution < 1.29 is 8.39 Å². The lowest BCUT2D eigenvalue weighted by molar-refractivity contribution is 0.338. The molecule has 0 aliphatic rings. The van der Waals surface area contributed by atoms with Gasteiger partial charge in [0.15, 0.2) is 11.1 Å². The van der Waals surface area contributed by atoms with Crippen molar-refractivity contribution in [1.82, 2.24) is 0 Å². The Kier molecular flexibility index (Phi) is 4.72. The van der Waals surface area contributed by atoms with E-state index in [0.717, 1.165) is 17.7 Å². The lowest BCUT2D eigenvalue weighted by Gasteiger charge is -2.01. The largest absolute Gasteiger partial charge is 0.287 e. The first kappa shape index (κ1) is 10.4. The van der Waals surface area contributed by atoms with Crippen molar-refractivity contribution in [3.8, 4) is 0 Å². The second-order valence-electron chi connectivity index (χ2n) is 2.72.